The van der Waals surface area contributed by atoms with Crippen LogP contribution in [0.5, 0.6) is 5.75 Å². The molecule has 23 heavy (non-hydrogen) atoms. The summed E-state index contributed by atoms with van der Waals surface area (Å²) in [6.45, 7) is 0.548. The molecule has 0 bridgehead atoms. The van der Waals surface area contributed by atoms with Gasteiger partial charge in [-0.3, -0.25) is 4.98 Å². The van der Waals surface area contributed by atoms with Crippen molar-refractivity contribution in [3.05, 3.63) is 59.5 Å². The molecule has 0 radical (unpaired) electrons. The van der Waals surface area contributed by atoms with Crippen LogP contribution < -0.4 is 10.5 Å². The van der Waals surface area contributed by atoms with Crippen LogP contribution in [0.4, 0.5) is 0 Å². The summed E-state index contributed by atoms with van der Waals surface area (Å²) in [5.41, 5.74) is 9.38. The first-order chi connectivity index (χ1) is 11.2. The van der Waals surface area contributed by atoms with Crippen molar-refractivity contribution in [2.45, 2.75) is 6.42 Å². The van der Waals surface area contributed by atoms with E-state index >= 15 is 0 Å². The van der Waals surface area contributed by atoms with E-state index in [0.29, 0.717) is 23.7 Å². The Hall–Kier alpha value is -2.37. The van der Waals surface area contributed by atoms with E-state index in [1.807, 2.05) is 47.3 Å². The number of nitrogens with zero attached hydrogens (tertiary/aromatic N) is 3. The number of rotatable bonds is 5. The van der Waals surface area contributed by atoms with Crippen molar-refractivity contribution in [2.24, 2.45) is 5.73 Å². The molecule has 118 valence electrons. The number of halogens is 1. The van der Waals surface area contributed by atoms with Gasteiger partial charge < -0.3 is 10.5 Å². The van der Waals surface area contributed by atoms with Gasteiger partial charge in [0.2, 0.25) is 0 Å². The van der Waals surface area contributed by atoms with Crippen LogP contribution >= 0.6 is 11.6 Å². The zero-order valence-corrected chi connectivity index (χ0v) is 13.5. The number of aromatic nitrogens is 3. The summed E-state index contributed by atoms with van der Waals surface area (Å²) < 4.78 is 7.06. The normalized spacial score (nSPS) is 10.7. The molecule has 0 aliphatic rings. The molecule has 3 aromatic rings. The van der Waals surface area contributed by atoms with E-state index in [-0.39, 0.29) is 0 Å². The summed E-state index contributed by atoms with van der Waals surface area (Å²) in [5, 5.41) is 5.19. The van der Waals surface area contributed by atoms with Gasteiger partial charge in [-0.2, -0.15) is 5.10 Å². The molecule has 0 aliphatic heterocycles. The molecule has 0 saturated heterocycles. The molecular formula is C17H17ClN4O. The van der Waals surface area contributed by atoms with Crippen LogP contribution in [0.3, 0.4) is 0 Å². The number of benzene rings is 1. The minimum atomic E-state index is 0.540. The predicted molar refractivity (Wildman–Crippen MR) is 91.1 cm³/mol. The molecule has 2 heterocycles. The van der Waals surface area contributed by atoms with Crippen molar-refractivity contribution < 1.29 is 4.74 Å². The van der Waals surface area contributed by atoms with E-state index < -0.39 is 0 Å². The highest BCUT2D eigenvalue weighted by atomic mass is 35.5. The lowest BCUT2D eigenvalue weighted by Gasteiger charge is -2.09. The van der Waals surface area contributed by atoms with Gasteiger partial charge in [0.25, 0.3) is 0 Å². The second kappa shape index (κ2) is 6.81. The van der Waals surface area contributed by atoms with Gasteiger partial charge in [0.15, 0.2) is 0 Å². The summed E-state index contributed by atoms with van der Waals surface area (Å²) in [6.07, 6.45) is 4.27. The van der Waals surface area contributed by atoms with Gasteiger partial charge in [-0.05, 0) is 42.9 Å². The SMILES string of the molecule is COc1ccc(-n2nc(CCN)cc2-c2cccnc2)cc1Cl. The lowest BCUT2D eigenvalue weighted by atomic mass is 10.2. The highest BCUT2D eigenvalue weighted by Gasteiger charge is 2.13. The molecule has 3 rings (SSSR count). The molecule has 2 N–H and O–H groups in total. The van der Waals surface area contributed by atoms with Gasteiger partial charge in [0.1, 0.15) is 5.75 Å². The fourth-order valence-corrected chi connectivity index (χ4v) is 2.66. The molecule has 2 aromatic heterocycles. The maximum atomic E-state index is 6.25. The topological polar surface area (TPSA) is 66.0 Å². The van der Waals surface area contributed by atoms with Gasteiger partial charge in [-0.25, -0.2) is 4.68 Å². The summed E-state index contributed by atoms with van der Waals surface area (Å²) in [5.74, 6) is 0.632. The number of methoxy groups -OCH3 is 1. The molecule has 5 nitrogen and oxygen atoms in total. The van der Waals surface area contributed by atoms with Gasteiger partial charge in [0, 0.05) is 24.4 Å². The van der Waals surface area contributed by atoms with Crippen LogP contribution in [0, 0.1) is 0 Å². The van der Waals surface area contributed by atoms with Gasteiger partial charge in [-0.1, -0.05) is 11.6 Å². The Bertz CT molecular complexity index is 802. The van der Waals surface area contributed by atoms with Gasteiger partial charge >= 0.3 is 0 Å². The smallest absolute Gasteiger partial charge is 0.137 e. The molecule has 0 amide bonds. The Morgan fingerprint density at radius 3 is 2.78 bits per heavy atom. The van der Waals surface area contributed by atoms with E-state index in [4.69, 9.17) is 22.1 Å². The first-order valence-electron chi connectivity index (χ1n) is 7.26. The van der Waals surface area contributed by atoms with Crippen molar-refractivity contribution in [3.63, 3.8) is 0 Å². The Labute approximate surface area is 139 Å². The van der Waals surface area contributed by atoms with Crippen molar-refractivity contribution in [2.75, 3.05) is 13.7 Å². The minimum absolute atomic E-state index is 0.540. The van der Waals surface area contributed by atoms with Crippen LogP contribution in [-0.2, 0) is 6.42 Å². The van der Waals surface area contributed by atoms with E-state index in [1.54, 1.807) is 13.3 Å². The number of hydrogen-bond donors (Lipinski definition) is 1. The molecule has 0 unspecified atom stereocenters. The van der Waals surface area contributed by atoms with Crippen LogP contribution in [-0.4, -0.2) is 28.4 Å². The van der Waals surface area contributed by atoms with Crippen molar-refractivity contribution in [1.29, 1.82) is 0 Å². The van der Waals surface area contributed by atoms with Crippen LogP contribution in [0.1, 0.15) is 5.69 Å². The molecule has 0 saturated carbocycles. The first-order valence-corrected chi connectivity index (χ1v) is 7.64. The second-order valence-electron chi connectivity index (χ2n) is 5.03. The second-order valence-corrected chi connectivity index (χ2v) is 5.44. The van der Waals surface area contributed by atoms with E-state index in [0.717, 1.165) is 22.6 Å². The quantitative estimate of drug-likeness (QED) is 0.781. The summed E-state index contributed by atoms with van der Waals surface area (Å²) in [7, 11) is 1.59. The third-order valence-corrected chi connectivity index (χ3v) is 3.79. The maximum Gasteiger partial charge on any atom is 0.137 e. The summed E-state index contributed by atoms with van der Waals surface area (Å²) in [4.78, 5) is 4.18. The van der Waals surface area contributed by atoms with Crippen LogP contribution in [0.2, 0.25) is 5.02 Å². The first kappa shape index (κ1) is 15.5. The third-order valence-electron chi connectivity index (χ3n) is 3.50. The fourth-order valence-electron chi connectivity index (χ4n) is 2.40. The molecule has 1 aromatic carbocycles. The molecule has 0 atom stereocenters. The summed E-state index contributed by atoms with van der Waals surface area (Å²) in [6, 6.07) is 11.5. The van der Waals surface area contributed by atoms with E-state index in [1.165, 1.54) is 0 Å². The molecular weight excluding hydrogens is 312 g/mol. The number of nitrogens with two attached hydrogens (primary N) is 1. The Morgan fingerprint density at radius 1 is 1.26 bits per heavy atom. The van der Waals surface area contributed by atoms with Crippen molar-refractivity contribution in [1.82, 2.24) is 14.8 Å². The fraction of sp³-hybridized carbons (Fsp3) is 0.176. The monoisotopic (exact) mass is 328 g/mol. The number of hydrogen-bond acceptors (Lipinski definition) is 4. The largest absolute Gasteiger partial charge is 0.495 e. The lowest BCUT2D eigenvalue weighted by Crippen LogP contribution is -2.04. The Morgan fingerprint density at radius 2 is 2.13 bits per heavy atom. The van der Waals surface area contributed by atoms with Crippen molar-refractivity contribution >= 4 is 11.6 Å². The molecule has 6 heteroatoms. The Balaban J connectivity index is 2.12. The average Bonchev–Trinajstić information content (AvgIpc) is 3.00. The van der Waals surface area contributed by atoms with Crippen LogP contribution in [0.25, 0.3) is 16.9 Å². The maximum absolute atomic E-state index is 6.25. The molecule has 0 aliphatic carbocycles. The van der Waals surface area contributed by atoms with E-state index in [9.17, 15) is 0 Å². The predicted octanol–water partition coefficient (Wildman–Crippen LogP) is 3.10. The van der Waals surface area contributed by atoms with Gasteiger partial charge in [0.05, 0.1) is 29.2 Å². The highest BCUT2D eigenvalue weighted by Crippen LogP contribution is 2.29. The molecule has 0 fully saturated rings. The number of pyridine rings is 1. The Kier molecular flexibility index (Phi) is 4.60. The highest BCUT2D eigenvalue weighted by molar-refractivity contribution is 6.32. The zero-order chi connectivity index (χ0) is 16.2. The third kappa shape index (κ3) is 3.21. The minimum Gasteiger partial charge on any atom is -0.495 e. The van der Waals surface area contributed by atoms with Crippen molar-refractivity contribution in [3.8, 4) is 22.7 Å². The standard InChI is InChI=1S/C17H17ClN4O/c1-23-17-5-4-14(10-15(17)18)22-16(9-13(21-22)6-7-19)12-3-2-8-20-11-12/h2-5,8-11H,6-7,19H2,1H3. The van der Waals surface area contributed by atoms with E-state index in [2.05, 4.69) is 10.1 Å². The van der Waals surface area contributed by atoms with Gasteiger partial charge in [-0.15, -0.1) is 0 Å². The molecule has 0 spiro atoms. The van der Waals surface area contributed by atoms with Crippen LogP contribution in [0.15, 0.2) is 48.8 Å². The number of ether oxygens (including phenoxy) is 1. The zero-order valence-electron chi connectivity index (χ0n) is 12.7. The lowest BCUT2D eigenvalue weighted by molar-refractivity contribution is 0.415. The average molecular weight is 329 g/mol. The summed E-state index contributed by atoms with van der Waals surface area (Å²) >= 11 is 6.25.